The Labute approximate surface area is 175 Å². The highest BCUT2D eigenvalue weighted by atomic mass is 32.2. The molecule has 2 heterocycles. The lowest BCUT2D eigenvalue weighted by Crippen LogP contribution is -2.06. The second-order valence-electron chi connectivity index (χ2n) is 7.74. The molecular formula is C24H26N4S. The van der Waals surface area contributed by atoms with E-state index in [1.54, 1.807) is 11.8 Å². The monoisotopic (exact) mass is 402 g/mol. The maximum atomic E-state index is 5.00. The van der Waals surface area contributed by atoms with Crippen molar-refractivity contribution in [2.24, 2.45) is 0 Å². The van der Waals surface area contributed by atoms with E-state index in [1.807, 2.05) is 10.9 Å². The Hall–Kier alpha value is -2.53. The first kappa shape index (κ1) is 18.5. The zero-order valence-electron chi connectivity index (χ0n) is 17.0. The van der Waals surface area contributed by atoms with E-state index in [1.165, 1.54) is 52.7 Å². The van der Waals surface area contributed by atoms with Gasteiger partial charge in [0.25, 0.3) is 0 Å². The Bertz CT molecular complexity index is 1130. The number of aryl methyl sites for hydroxylation is 1. The normalized spacial score (nSPS) is 14.8. The lowest BCUT2D eigenvalue weighted by Gasteiger charge is -2.12. The van der Waals surface area contributed by atoms with Gasteiger partial charge in [-0.3, -0.25) is 4.68 Å². The fraction of sp³-hybridized carbons (Fsp3) is 0.333. The Balaban J connectivity index is 1.61. The van der Waals surface area contributed by atoms with Gasteiger partial charge in [0.1, 0.15) is 0 Å². The number of fused-ring (bicyclic) bond motifs is 1. The van der Waals surface area contributed by atoms with E-state index in [2.05, 4.69) is 71.5 Å². The smallest absolute Gasteiger partial charge is 0.0741 e. The molecule has 0 radical (unpaired) electrons. The van der Waals surface area contributed by atoms with Crippen LogP contribution >= 0.6 is 11.8 Å². The number of rotatable bonds is 5. The van der Waals surface area contributed by atoms with Gasteiger partial charge < -0.3 is 0 Å². The standard InChI is InChI=1S/C24H26N4S/c1-3-22-21-13-8-17(16-24(21)28(26-22)18-6-4-5-7-18)23-14-15-25-27(23)19-9-11-20(29-2)12-10-19/h8-16,18H,3-7H2,1-2H3. The molecule has 5 heteroatoms. The summed E-state index contributed by atoms with van der Waals surface area (Å²) in [5.74, 6) is 0. The van der Waals surface area contributed by atoms with Crippen LogP contribution < -0.4 is 0 Å². The van der Waals surface area contributed by atoms with E-state index < -0.39 is 0 Å². The average Bonchev–Trinajstić information content (AvgIpc) is 3.52. The molecule has 0 aliphatic heterocycles. The molecule has 5 rings (SSSR count). The molecule has 148 valence electrons. The first-order valence-corrected chi connectivity index (χ1v) is 11.7. The largest absolute Gasteiger partial charge is 0.262 e. The average molecular weight is 403 g/mol. The highest BCUT2D eigenvalue weighted by Crippen LogP contribution is 2.35. The minimum absolute atomic E-state index is 0.539. The third-order valence-corrected chi connectivity index (χ3v) is 6.79. The molecule has 4 nitrogen and oxygen atoms in total. The number of benzene rings is 2. The van der Waals surface area contributed by atoms with E-state index in [9.17, 15) is 0 Å². The van der Waals surface area contributed by atoms with Gasteiger partial charge >= 0.3 is 0 Å². The van der Waals surface area contributed by atoms with Crippen molar-refractivity contribution in [3.8, 4) is 16.9 Å². The van der Waals surface area contributed by atoms with Gasteiger partial charge in [0.05, 0.1) is 34.8 Å². The maximum Gasteiger partial charge on any atom is 0.0741 e. The fourth-order valence-corrected chi connectivity index (χ4v) is 4.91. The lowest BCUT2D eigenvalue weighted by molar-refractivity contribution is 0.478. The van der Waals surface area contributed by atoms with Crippen LogP contribution in [0.3, 0.4) is 0 Å². The van der Waals surface area contributed by atoms with Crippen molar-refractivity contribution in [2.45, 2.75) is 50.0 Å². The third-order valence-electron chi connectivity index (χ3n) is 6.04. The number of nitrogens with zero attached hydrogens (tertiary/aromatic N) is 4. The Morgan fingerprint density at radius 2 is 1.83 bits per heavy atom. The second-order valence-corrected chi connectivity index (χ2v) is 8.62. The summed E-state index contributed by atoms with van der Waals surface area (Å²) < 4.78 is 4.33. The summed E-state index contributed by atoms with van der Waals surface area (Å²) in [6, 6.07) is 18.0. The van der Waals surface area contributed by atoms with E-state index in [-0.39, 0.29) is 0 Å². The summed E-state index contributed by atoms with van der Waals surface area (Å²) >= 11 is 1.76. The van der Waals surface area contributed by atoms with Crippen LogP contribution in [-0.2, 0) is 6.42 Å². The molecule has 0 amide bonds. The van der Waals surface area contributed by atoms with Gasteiger partial charge in [-0.1, -0.05) is 31.9 Å². The number of aromatic nitrogens is 4. The van der Waals surface area contributed by atoms with Gasteiger partial charge in [-0.25, -0.2) is 4.68 Å². The van der Waals surface area contributed by atoms with Crippen molar-refractivity contribution in [1.82, 2.24) is 19.6 Å². The van der Waals surface area contributed by atoms with Gasteiger partial charge in [-0.2, -0.15) is 10.2 Å². The molecule has 0 unspecified atom stereocenters. The molecule has 0 N–H and O–H groups in total. The van der Waals surface area contributed by atoms with Gasteiger partial charge in [0.2, 0.25) is 0 Å². The van der Waals surface area contributed by atoms with Crippen LogP contribution in [0.2, 0.25) is 0 Å². The van der Waals surface area contributed by atoms with Crippen molar-refractivity contribution in [3.63, 3.8) is 0 Å². The maximum absolute atomic E-state index is 5.00. The molecule has 29 heavy (non-hydrogen) atoms. The number of hydrogen-bond donors (Lipinski definition) is 0. The molecule has 0 bridgehead atoms. The Morgan fingerprint density at radius 1 is 1.03 bits per heavy atom. The van der Waals surface area contributed by atoms with Crippen LogP contribution in [0.15, 0.2) is 59.6 Å². The topological polar surface area (TPSA) is 35.6 Å². The summed E-state index contributed by atoms with van der Waals surface area (Å²) in [5, 5.41) is 10.9. The Morgan fingerprint density at radius 3 is 2.55 bits per heavy atom. The van der Waals surface area contributed by atoms with Crippen LogP contribution in [0.25, 0.3) is 27.8 Å². The van der Waals surface area contributed by atoms with Gasteiger partial charge in [-0.05, 0) is 61.9 Å². The zero-order valence-corrected chi connectivity index (χ0v) is 17.8. The van der Waals surface area contributed by atoms with Crippen LogP contribution in [0.4, 0.5) is 0 Å². The summed E-state index contributed by atoms with van der Waals surface area (Å²) in [6.07, 6.45) is 10.1. The minimum atomic E-state index is 0.539. The lowest BCUT2D eigenvalue weighted by atomic mass is 10.1. The van der Waals surface area contributed by atoms with Crippen LogP contribution in [-0.4, -0.2) is 25.8 Å². The summed E-state index contributed by atoms with van der Waals surface area (Å²) in [7, 11) is 0. The summed E-state index contributed by atoms with van der Waals surface area (Å²) in [6.45, 7) is 2.20. The first-order valence-electron chi connectivity index (χ1n) is 10.5. The molecule has 2 aromatic carbocycles. The predicted molar refractivity (Wildman–Crippen MR) is 121 cm³/mol. The van der Waals surface area contributed by atoms with Crippen LogP contribution in [0.5, 0.6) is 0 Å². The first-order chi connectivity index (χ1) is 14.3. The van der Waals surface area contributed by atoms with Gasteiger partial charge in [0.15, 0.2) is 0 Å². The molecule has 4 aromatic rings. The highest BCUT2D eigenvalue weighted by Gasteiger charge is 2.22. The Kier molecular flexibility index (Phi) is 4.92. The molecule has 1 saturated carbocycles. The van der Waals surface area contributed by atoms with E-state index in [4.69, 9.17) is 5.10 Å². The molecule has 1 aliphatic carbocycles. The van der Waals surface area contributed by atoms with Crippen LogP contribution in [0.1, 0.15) is 44.3 Å². The summed E-state index contributed by atoms with van der Waals surface area (Å²) in [5.41, 5.74) is 5.85. The van der Waals surface area contributed by atoms with E-state index in [0.717, 1.165) is 17.8 Å². The zero-order chi connectivity index (χ0) is 19.8. The minimum Gasteiger partial charge on any atom is -0.262 e. The van der Waals surface area contributed by atoms with Crippen LogP contribution in [0, 0.1) is 0 Å². The van der Waals surface area contributed by atoms with Crippen molar-refractivity contribution in [2.75, 3.05) is 6.26 Å². The SMILES string of the molecule is CCc1nn(C2CCCC2)c2cc(-c3ccnn3-c3ccc(SC)cc3)ccc12. The molecule has 1 aliphatic rings. The predicted octanol–water partition coefficient (Wildman–Crippen LogP) is 6.29. The molecular weight excluding hydrogens is 376 g/mol. The molecule has 0 spiro atoms. The van der Waals surface area contributed by atoms with Gasteiger partial charge in [0, 0.05) is 15.8 Å². The van der Waals surface area contributed by atoms with Crippen molar-refractivity contribution >= 4 is 22.7 Å². The van der Waals surface area contributed by atoms with E-state index in [0.29, 0.717) is 6.04 Å². The number of thioether (sulfide) groups is 1. The second kappa shape index (κ2) is 7.71. The van der Waals surface area contributed by atoms with E-state index >= 15 is 0 Å². The third kappa shape index (κ3) is 3.27. The number of hydrogen-bond acceptors (Lipinski definition) is 3. The fourth-order valence-electron chi connectivity index (χ4n) is 4.50. The van der Waals surface area contributed by atoms with Crippen molar-refractivity contribution < 1.29 is 0 Å². The quantitative estimate of drug-likeness (QED) is 0.368. The van der Waals surface area contributed by atoms with Gasteiger partial charge in [-0.15, -0.1) is 11.8 Å². The molecule has 2 aromatic heterocycles. The molecule has 0 saturated heterocycles. The highest BCUT2D eigenvalue weighted by molar-refractivity contribution is 7.98. The van der Waals surface area contributed by atoms with Crippen molar-refractivity contribution in [3.05, 3.63) is 60.4 Å². The molecule has 0 atom stereocenters. The molecule has 1 fully saturated rings. The summed E-state index contributed by atoms with van der Waals surface area (Å²) in [4.78, 5) is 1.26. The van der Waals surface area contributed by atoms with Crippen molar-refractivity contribution in [1.29, 1.82) is 0 Å².